The van der Waals surface area contributed by atoms with Gasteiger partial charge in [-0.1, -0.05) is 12.8 Å². The number of carbonyl (C=O) groups is 1. The lowest BCUT2D eigenvalue weighted by atomic mass is 10.1. The first kappa shape index (κ1) is 15.5. The van der Waals surface area contributed by atoms with Crippen LogP contribution in [0.5, 0.6) is 0 Å². The number of sulfone groups is 1. The highest BCUT2D eigenvalue weighted by Crippen LogP contribution is 2.26. The number of hydrogen-bond acceptors (Lipinski definition) is 4. The van der Waals surface area contributed by atoms with Gasteiger partial charge in [-0.05, 0) is 31.7 Å². The molecule has 22 heavy (non-hydrogen) atoms. The van der Waals surface area contributed by atoms with Gasteiger partial charge in [0.05, 0.1) is 11.3 Å². The Morgan fingerprint density at radius 3 is 2.64 bits per heavy atom. The van der Waals surface area contributed by atoms with Crippen molar-refractivity contribution >= 4 is 15.7 Å². The van der Waals surface area contributed by atoms with E-state index in [1.54, 1.807) is 11.1 Å². The van der Waals surface area contributed by atoms with Gasteiger partial charge in [0.15, 0.2) is 9.84 Å². The molecular formula is C15H23N3O3S. The van der Waals surface area contributed by atoms with Gasteiger partial charge in [-0.3, -0.25) is 9.48 Å². The topological polar surface area (TPSA) is 72.3 Å². The van der Waals surface area contributed by atoms with E-state index >= 15 is 0 Å². The molecule has 1 aromatic heterocycles. The molecule has 0 spiro atoms. The lowest BCUT2D eigenvalue weighted by Crippen LogP contribution is -2.44. The van der Waals surface area contributed by atoms with Gasteiger partial charge in [0, 0.05) is 25.5 Å². The zero-order valence-corrected chi connectivity index (χ0v) is 13.5. The summed E-state index contributed by atoms with van der Waals surface area (Å²) in [5, 5.41) is 3.93. The Bertz CT molecular complexity index is 606. The molecule has 7 heteroatoms. The van der Waals surface area contributed by atoms with Crippen LogP contribution in [0, 0.1) is 0 Å². The SMILES string of the molecule is O=C(CS(=O)(=O)C1CCCC1)N1CCC[C@@H](n2cccn2)C1. The van der Waals surface area contributed by atoms with Gasteiger partial charge in [0.25, 0.3) is 0 Å². The van der Waals surface area contributed by atoms with E-state index in [1.807, 2.05) is 16.9 Å². The van der Waals surface area contributed by atoms with Crippen molar-refractivity contribution < 1.29 is 13.2 Å². The summed E-state index contributed by atoms with van der Waals surface area (Å²) in [6.07, 6.45) is 8.84. The summed E-state index contributed by atoms with van der Waals surface area (Å²) in [6.45, 7) is 1.21. The molecule has 0 radical (unpaired) electrons. The number of aromatic nitrogens is 2. The van der Waals surface area contributed by atoms with Crippen LogP contribution in [-0.2, 0) is 14.6 Å². The molecule has 1 amide bonds. The zero-order chi connectivity index (χ0) is 15.6. The van der Waals surface area contributed by atoms with Crippen molar-refractivity contribution in [2.75, 3.05) is 18.8 Å². The average molecular weight is 325 g/mol. The largest absolute Gasteiger partial charge is 0.340 e. The fourth-order valence-electron chi connectivity index (χ4n) is 3.52. The van der Waals surface area contributed by atoms with E-state index in [9.17, 15) is 13.2 Å². The van der Waals surface area contributed by atoms with Gasteiger partial charge >= 0.3 is 0 Å². The third-order valence-corrected chi connectivity index (χ3v) is 6.92. The minimum absolute atomic E-state index is 0.155. The smallest absolute Gasteiger partial charge is 0.237 e. The molecule has 0 aromatic carbocycles. The second kappa shape index (κ2) is 6.40. The Kier molecular flexibility index (Phi) is 4.52. The summed E-state index contributed by atoms with van der Waals surface area (Å²) in [5.41, 5.74) is 0. The maximum Gasteiger partial charge on any atom is 0.237 e. The molecule has 0 N–H and O–H groups in total. The quantitative estimate of drug-likeness (QED) is 0.839. The van der Waals surface area contributed by atoms with E-state index in [-0.39, 0.29) is 23.0 Å². The summed E-state index contributed by atoms with van der Waals surface area (Å²) < 4.78 is 26.5. The summed E-state index contributed by atoms with van der Waals surface area (Å²) in [6, 6.07) is 2.02. The van der Waals surface area contributed by atoms with Crippen LogP contribution in [0.25, 0.3) is 0 Å². The summed E-state index contributed by atoms with van der Waals surface area (Å²) in [7, 11) is -3.29. The highest BCUT2D eigenvalue weighted by atomic mass is 32.2. The standard InChI is InChI=1S/C15H23N3O3S/c19-15(12-22(20,21)14-6-1-2-7-14)17-9-3-5-13(11-17)18-10-4-8-16-18/h4,8,10,13-14H,1-3,5-7,9,11-12H2/t13-/m1/s1. The lowest BCUT2D eigenvalue weighted by Gasteiger charge is -2.33. The van der Waals surface area contributed by atoms with Crippen LogP contribution in [0.1, 0.15) is 44.6 Å². The van der Waals surface area contributed by atoms with Crippen molar-refractivity contribution in [3.8, 4) is 0 Å². The van der Waals surface area contributed by atoms with Crippen molar-refractivity contribution in [3.05, 3.63) is 18.5 Å². The highest BCUT2D eigenvalue weighted by Gasteiger charge is 2.33. The highest BCUT2D eigenvalue weighted by molar-refractivity contribution is 7.92. The molecule has 6 nitrogen and oxygen atoms in total. The van der Waals surface area contributed by atoms with Crippen LogP contribution in [0.4, 0.5) is 0 Å². The Morgan fingerprint density at radius 2 is 1.95 bits per heavy atom. The number of carbonyl (C=O) groups excluding carboxylic acids is 1. The number of likely N-dealkylation sites (tertiary alicyclic amines) is 1. The zero-order valence-electron chi connectivity index (χ0n) is 12.7. The first-order valence-corrected chi connectivity index (χ1v) is 9.76. The molecule has 1 saturated carbocycles. The first-order chi connectivity index (χ1) is 10.6. The number of amides is 1. The molecule has 1 saturated heterocycles. The number of rotatable bonds is 4. The molecule has 2 aliphatic rings. The van der Waals surface area contributed by atoms with Crippen molar-refractivity contribution in [1.82, 2.24) is 14.7 Å². The third-order valence-electron chi connectivity index (χ3n) is 4.78. The molecule has 0 bridgehead atoms. The van der Waals surface area contributed by atoms with E-state index in [0.29, 0.717) is 25.9 Å². The maximum atomic E-state index is 12.4. The van der Waals surface area contributed by atoms with Gasteiger partial charge in [0.1, 0.15) is 5.75 Å². The number of piperidine rings is 1. The van der Waals surface area contributed by atoms with Crippen molar-refractivity contribution in [1.29, 1.82) is 0 Å². The van der Waals surface area contributed by atoms with E-state index in [1.165, 1.54) is 0 Å². The summed E-state index contributed by atoms with van der Waals surface area (Å²) in [4.78, 5) is 14.1. The van der Waals surface area contributed by atoms with Crippen LogP contribution in [0.2, 0.25) is 0 Å². The molecule has 1 aromatic rings. The molecular weight excluding hydrogens is 302 g/mol. The van der Waals surface area contributed by atoms with E-state index in [2.05, 4.69) is 5.10 Å². The fraction of sp³-hybridized carbons (Fsp3) is 0.733. The van der Waals surface area contributed by atoms with E-state index < -0.39 is 9.84 Å². The van der Waals surface area contributed by atoms with E-state index in [0.717, 1.165) is 25.7 Å². The second-order valence-corrected chi connectivity index (χ2v) is 8.62. The van der Waals surface area contributed by atoms with Gasteiger partial charge in [-0.25, -0.2) is 8.42 Å². The molecule has 1 atom stereocenters. The Hall–Kier alpha value is -1.37. The normalized spacial score (nSPS) is 23.8. The average Bonchev–Trinajstić information content (AvgIpc) is 3.20. The minimum atomic E-state index is -3.29. The Labute approximate surface area is 131 Å². The third kappa shape index (κ3) is 3.34. The van der Waals surface area contributed by atoms with Gasteiger partial charge in [-0.15, -0.1) is 0 Å². The van der Waals surface area contributed by atoms with Crippen LogP contribution in [0.3, 0.4) is 0 Å². The van der Waals surface area contributed by atoms with Crippen LogP contribution in [-0.4, -0.2) is 53.1 Å². The molecule has 1 aliphatic carbocycles. The Morgan fingerprint density at radius 1 is 1.18 bits per heavy atom. The minimum Gasteiger partial charge on any atom is -0.340 e. The van der Waals surface area contributed by atoms with Gasteiger partial charge < -0.3 is 4.90 Å². The van der Waals surface area contributed by atoms with Crippen LogP contribution in [0.15, 0.2) is 18.5 Å². The number of hydrogen-bond donors (Lipinski definition) is 0. The van der Waals surface area contributed by atoms with Crippen molar-refractivity contribution in [2.45, 2.75) is 49.8 Å². The van der Waals surface area contributed by atoms with Crippen LogP contribution < -0.4 is 0 Å². The Balaban J connectivity index is 1.62. The molecule has 1 aliphatic heterocycles. The predicted molar refractivity (Wildman–Crippen MR) is 83.1 cm³/mol. The second-order valence-electron chi connectivity index (χ2n) is 6.34. The molecule has 0 unspecified atom stereocenters. The molecule has 122 valence electrons. The lowest BCUT2D eigenvalue weighted by molar-refractivity contribution is -0.130. The molecule has 2 heterocycles. The van der Waals surface area contributed by atoms with Crippen molar-refractivity contribution in [3.63, 3.8) is 0 Å². The predicted octanol–water partition coefficient (Wildman–Crippen LogP) is 1.40. The van der Waals surface area contributed by atoms with Crippen molar-refractivity contribution in [2.24, 2.45) is 0 Å². The molecule has 2 fully saturated rings. The maximum absolute atomic E-state index is 12.4. The first-order valence-electron chi connectivity index (χ1n) is 8.05. The molecule has 3 rings (SSSR count). The van der Waals surface area contributed by atoms with E-state index in [4.69, 9.17) is 0 Å². The summed E-state index contributed by atoms with van der Waals surface area (Å²) >= 11 is 0. The van der Waals surface area contributed by atoms with Gasteiger partial charge in [-0.2, -0.15) is 5.10 Å². The number of nitrogens with zero attached hydrogens (tertiary/aromatic N) is 3. The fourth-order valence-corrected chi connectivity index (χ4v) is 5.34. The summed E-state index contributed by atoms with van der Waals surface area (Å²) in [5.74, 6) is -0.576. The van der Waals surface area contributed by atoms with Crippen LogP contribution >= 0.6 is 0 Å². The monoisotopic (exact) mass is 325 g/mol. The van der Waals surface area contributed by atoms with Gasteiger partial charge in [0.2, 0.25) is 5.91 Å².